The Kier molecular flexibility index (Phi) is 7.79. The van der Waals surface area contributed by atoms with Crippen molar-refractivity contribution in [3.05, 3.63) is 58.1 Å². The van der Waals surface area contributed by atoms with E-state index >= 15 is 0 Å². The zero-order valence-electron chi connectivity index (χ0n) is 23.9. The third-order valence-corrected chi connectivity index (χ3v) is 12.2. The van der Waals surface area contributed by atoms with Crippen LogP contribution in [0.3, 0.4) is 0 Å². The van der Waals surface area contributed by atoms with Crippen molar-refractivity contribution >= 4 is 33.2 Å². The van der Waals surface area contributed by atoms with E-state index in [9.17, 15) is 18.3 Å². The number of fused-ring (bicyclic) bond motifs is 4. The second kappa shape index (κ2) is 11.1. The predicted molar refractivity (Wildman–Crippen MR) is 161 cm³/mol. The Morgan fingerprint density at radius 1 is 1.10 bits per heavy atom. The van der Waals surface area contributed by atoms with Crippen molar-refractivity contribution in [3.8, 4) is 5.75 Å². The first-order chi connectivity index (χ1) is 19.5. The van der Waals surface area contributed by atoms with E-state index in [0.717, 1.165) is 49.4 Å². The molecule has 6 atom stereocenters. The minimum absolute atomic E-state index is 0.187. The normalized spacial score (nSPS) is 33.4. The van der Waals surface area contributed by atoms with Crippen LogP contribution in [-0.2, 0) is 21.9 Å². The van der Waals surface area contributed by atoms with Gasteiger partial charge in [-0.2, -0.15) is 0 Å². The van der Waals surface area contributed by atoms with Gasteiger partial charge in [-0.3, -0.25) is 4.79 Å². The van der Waals surface area contributed by atoms with Crippen LogP contribution < -0.4 is 14.4 Å². The van der Waals surface area contributed by atoms with Crippen LogP contribution >= 0.6 is 11.6 Å². The lowest BCUT2D eigenvalue weighted by Gasteiger charge is -2.46. The molecule has 4 aliphatic rings. The number of anilines is 1. The molecule has 1 fully saturated rings. The molecule has 1 amide bonds. The second-order valence-electron chi connectivity index (χ2n) is 13.1. The number of hydrogen-bond acceptors (Lipinski definition) is 6. The van der Waals surface area contributed by atoms with Gasteiger partial charge in [0, 0.05) is 29.1 Å². The van der Waals surface area contributed by atoms with E-state index in [1.54, 1.807) is 25.1 Å². The lowest BCUT2D eigenvalue weighted by Crippen LogP contribution is -2.49. The van der Waals surface area contributed by atoms with Crippen molar-refractivity contribution in [2.24, 2.45) is 17.8 Å². The maximum Gasteiger partial charge on any atom is 0.264 e. The van der Waals surface area contributed by atoms with Crippen LogP contribution in [0.5, 0.6) is 5.75 Å². The van der Waals surface area contributed by atoms with Gasteiger partial charge in [0.25, 0.3) is 5.91 Å². The molecule has 2 N–H and O–H groups in total. The number of hydrogen-bond donors (Lipinski definition) is 2. The molecule has 6 rings (SSSR count). The lowest BCUT2D eigenvalue weighted by molar-refractivity contribution is 0.00130. The number of aryl methyl sites for hydroxylation is 1. The number of carbonyl (C=O) groups excluding carboxylic acids is 1. The highest BCUT2D eigenvalue weighted by atomic mass is 35.5. The van der Waals surface area contributed by atoms with Crippen LogP contribution in [0.25, 0.3) is 0 Å². The van der Waals surface area contributed by atoms with Gasteiger partial charge in [-0.25, -0.2) is 13.1 Å². The molecule has 41 heavy (non-hydrogen) atoms. The molecule has 2 aromatic rings. The molecular weight excluding hydrogens is 560 g/mol. The van der Waals surface area contributed by atoms with Gasteiger partial charge < -0.3 is 14.7 Å². The van der Waals surface area contributed by atoms with Crippen LogP contribution in [0.4, 0.5) is 5.69 Å². The fourth-order valence-electron chi connectivity index (χ4n) is 7.53. The summed E-state index contributed by atoms with van der Waals surface area (Å²) in [6, 6.07) is 11.4. The summed E-state index contributed by atoms with van der Waals surface area (Å²) in [6.07, 6.45) is 6.40. The first-order valence-corrected chi connectivity index (χ1v) is 17.0. The molecule has 0 saturated heterocycles. The fraction of sp³-hybridized carbons (Fsp3) is 0.594. The molecule has 1 spiro atoms. The number of aliphatic hydroxyl groups excluding tert-OH is 1. The molecule has 2 aromatic carbocycles. The SMILES string of the molecule is C[C@H]1CC[C@H](C)S(=O)(=O)NC(=O)c2ccc3c(c2)N(C[C@@H]2CC[C@H]2[C@@H](O)C1)C[C@@]1(CCCc2cc(Cl)ccc21)CO3. The van der Waals surface area contributed by atoms with E-state index in [0.29, 0.717) is 49.6 Å². The van der Waals surface area contributed by atoms with E-state index in [-0.39, 0.29) is 17.3 Å². The summed E-state index contributed by atoms with van der Waals surface area (Å²) < 4.78 is 34.9. The molecule has 0 aromatic heterocycles. The first kappa shape index (κ1) is 28.8. The molecule has 2 aliphatic carbocycles. The van der Waals surface area contributed by atoms with E-state index in [1.807, 2.05) is 6.07 Å². The second-order valence-corrected chi connectivity index (χ2v) is 15.6. The quantitative estimate of drug-likeness (QED) is 0.416. The van der Waals surface area contributed by atoms with Crippen molar-refractivity contribution in [2.75, 3.05) is 24.6 Å². The zero-order valence-corrected chi connectivity index (χ0v) is 25.5. The summed E-state index contributed by atoms with van der Waals surface area (Å²) in [6.45, 7) is 5.70. The Hall–Kier alpha value is -2.29. The van der Waals surface area contributed by atoms with E-state index in [1.165, 1.54) is 11.1 Å². The van der Waals surface area contributed by atoms with Gasteiger partial charge in [0.1, 0.15) is 5.75 Å². The number of nitrogens with zero attached hydrogens (tertiary/aromatic N) is 1. The Balaban J connectivity index is 1.41. The van der Waals surface area contributed by atoms with Crippen LogP contribution in [0, 0.1) is 17.8 Å². The van der Waals surface area contributed by atoms with Crippen LogP contribution in [0.15, 0.2) is 36.4 Å². The summed E-state index contributed by atoms with van der Waals surface area (Å²) in [5, 5.41) is 11.3. The summed E-state index contributed by atoms with van der Waals surface area (Å²) in [5.41, 5.74) is 3.39. The molecule has 0 unspecified atom stereocenters. The maximum absolute atomic E-state index is 13.3. The Morgan fingerprint density at radius 2 is 1.93 bits per heavy atom. The minimum atomic E-state index is -3.85. The third kappa shape index (κ3) is 5.59. The summed E-state index contributed by atoms with van der Waals surface area (Å²) in [4.78, 5) is 15.6. The largest absolute Gasteiger partial charge is 0.490 e. The van der Waals surface area contributed by atoms with Gasteiger partial charge in [0.15, 0.2) is 0 Å². The van der Waals surface area contributed by atoms with Gasteiger partial charge in [0.2, 0.25) is 10.0 Å². The molecule has 7 nitrogen and oxygen atoms in total. The fourth-order valence-corrected chi connectivity index (χ4v) is 8.75. The van der Waals surface area contributed by atoms with Gasteiger partial charge in [-0.1, -0.05) is 24.6 Å². The highest BCUT2D eigenvalue weighted by Gasteiger charge is 2.44. The molecule has 1 saturated carbocycles. The number of amides is 1. The van der Waals surface area contributed by atoms with Crippen molar-refractivity contribution in [1.29, 1.82) is 0 Å². The standard InChI is InChI=1S/C32H41ClN2O5S/c1-20-5-6-21(2)41(38,39)34-31(37)23-8-12-30-28(16-23)35(17-24-7-10-26(24)29(36)14-20)18-32(19-40-30)13-3-4-22-15-25(33)9-11-27(22)32/h8-9,11-12,15-16,20-21,24,26,29,36H,3-7,10,13-14,17-19H2,1-2H3,(H,34,37)/t20-,21-,24-,26+,29-,32-/m0/s1. The van der Waals surface area contributed by atoms with E-state index in [4.69, 9.17) is 16.3 Å². The predicted octanol–water partition coefficient (Wildman–Crippen LogP) is 5.47. The first-order valence-electron chi connectivity index (χ1n) is 15.1. The number of benzene rings is 2. The Bertz CT molecular complexity index is 1430. The Labute approximate surface area is 248 Å². The molecule has 2 aliphatic heterocycles. The summed E-state index contributed by atoms with van der Waals surface area (Å²) >= 11 is 6.39. The van der Waals surface area contributed by atoms with E-state index in [2.05, 4.69) is 28.7 Å². The molecule has 2 heterocycles. The minimum Gasteiger partial charge on any atom is -0.490 e. The average Bonchev–Trinajstić information content (AvgIpc) is 3.05. The molecule has 9 heteroatoms. The van der Waals surface area contributed by atoms with Crippen molar-refractivity contribution in [2.45, 2.75) is 82.0 Å². The number of carbonyl (C=O) groups is 1. The van der Waals surface area contributed by atoms with Gasteiger partial charge >= 0.3 is 0 Å². The van der Waals surface area contributed by atoms with E-state index < -0.39 is 27.3 Å². The third-order valence-electron chi connectivity index (χ3n) is 10.2. The van der Waals surface area contributed by atoms with Gasteiger partial charge in [-0.05, 0) is 118 Å². The van der Waals surface area contributed by atoms with Crippen LogP contribution in [0.2, 0.25) is 5.02 Å². The Morgan fingerprint density at radius 3 is 2.71 bits per heavy atom. The van der Waals surface area contributed by atoms with Gasteiger partial charge in [-0.15, -0.1) is 0 Å². The molecule has 0 radical (unpaired) electrons. The highest BCUT2D eigenvalue weighted by Crippen LogP contribution is 2.47. The molecule has 222 valence electrons. The topological polar surface area (TPSA) is 95.9 Å². The summed E-state index contributed by atoms with van der Waals surface area (Å²) in [5.74, 6) is 0.805. The molecule has 2 bridgehead atoms. The number of halogens is 1. The smallest absolute Gasteiger partial charge is 0.264 e. The number of rotatable bonds is 0. The molecular formula is C32H41ClN2O5S. The highest BCUT2D eigenvalue weighted by molar-refractivity contribution is 7.90. The monoisotopic (exact) mass is 600 g/mol. The number of sulfonamides is 1. The number of aliphatic hydroxyl groups is 1. The average molecular weight is 601 g/mol. The number of ether oxygens (including phenoxy) is 1. The zero-order chi connectivity index (χ0) is 28.9. The van der Waals surface area contributed by atoms with Crippen molar-refractivity contribution in [3.63, 3.8) is 0 Å². The van der Waals surface area contributed by atoms with Crippen molar-refractivity contribution < 1.29 is 23.1 Å². The maximum atomic E-state index is 13.3. The van der Waals surface area contributed by atoms with Crippen molar-refractivity contribution in [1.82, 2.24) is 4.72 Å². The lowest BCUT2D eigenvalue weighted by atomic mass is 9.67. The van der Waals surface area contributed by atoms with Crippen LogP contribution in [0.1, 0.15) is 80.3 Å². The van der Waals surface area contributed by atoms with Crippen LogP contribution in [-0.4, -0.2) is 50.5 Å². The van der Waals surface area contributed by atoms with Gasteiger partial charge in [0.05, 0.1) is 23.6 Å². The number of nitrogens with one attached hydrogen (secondary N) is 1. The summed E-state index contributed by atoms with van der Waals surface area (Å²) in [7, 11) is -3.85.